The third-order valence-corrected chi connectivity index (χ3v) is 4.12. The first-order chi connectivity index (χ1) is 9.67. The number of amides is 1. The number of hydrogen-bond donors (Lipinski definition) is 1. The van der Waals surface area contributed by atoms with Crippen molar-refractivity contribution >= 4 is 5.91 Å². The Labute approximate surface area is 121 Å². The molecule has 1 amide bonds. The van der Waals surface area contributed by atoms with Crippen molar-refractivity contribution in [1.82, 2.24) is 10.2 Å². The van der Waals surface area contributed by atoms with Gasteiger partial charge in [-0.1, -0.05) is 6.92 Å². The lowest BCUT2D eigenvalue weighted by Crippen LogP contribution is -2.47. The van der Waals surface area contributed by atoms with Crippen molar-refractivity contribution in [2.24, 2.45) is 10.2 Å². The van der Waals surface area contributed by atoms with Gasteiger partial charge in [-0.05, 0) is 25.9 Å². The van der Waals surface area contributed by atoms with Gasteiger partial charge in [0.15, 0.2) is 5.66 Å². The van der Waals surface area contributed by atoms with Crippen molar-refractivity contribution < 1.29 is 4.79 Å². The minimum absolute atomic E-state index is 0.116. The molecular formula is C15H24N4O. The summed E-state index contributed by atoms with van der Waals surface area (Å²) in [6.07, 6.45) is 10.1. The Morgan fingerprint density at radius 3 is 2.95 bits per heavy atom. The molecule has 1 saturated heterocycles. The SMILES string of the molecule is C#CCCC1(CCC(=O)NC2CCCN(CC)C2)N=N1. The molecule has 2 heterocycles. The number of carbonyl (C=O) groups is 1. The van der Waals surface area contributed by atoms with E-state index in [4.69, 9.17) is 6.42 Å². The van der Waals surface area contributed by atoms with Crippen molar-refractivity contribution in [3.8, 4) is 12.3 Å². The van der Waals surface area contributed by atoms with E-state index in [2.05, 4.69) is 33.3 Å². The van der Waals surface area contributed by atoms with Crippen LogP contribution in [0.25, 0.3) is 0 Å². The molecule has 0 saturated carbocycles. The third-order valence-electron chi connectivity index (χ3n) is 4.12. The Hall–Kier alpha value is -1.41. The van der Waals surface area contributed by atoms with Crippen molar-refractivity contribution in [2.75, 3.05) is 19.6 Å². The van der Waals surface area contributed by atoms with Crippen LogP contribution in [0.4, 0.5) is 0 Å². The van der Waals surface area contributed by atoms with E-state index in [0.29, 0.717) is 25.3 Å². The minimum Gasteiger partial charge on any atom is -0.352 e. The molecular weight excluding hydrogens is 252 g/mol. The summed E-state index contributed by atoms with van der Waals surface area (Å²) in [5.74, 6) is 2.72. The van der Waals surface area contributed by atoms with Crippen molar-refractivity contribution in [3.63, 3.8) is 0 Å². The number of hydrogen-bond acceptors (Lipinski definition) is 4. The van der Waals surface area contributed by atoms with Gasteiger partial charge in [0.05, 0.1) is 0 Å². The molecule has 0 spiro atoms. The van der Waals surface area contributed by atoms with Crippen LogP contribution in [0.15, 0.2) is 10.2 Å². The van der Waals surface area contributed by atoms with Gasteiger partial charge in [0.2, 0.25) is 5.91 Å². The number of carbonyl (C=O) groups excluding carboxylic acids is 1. The first-order valence-electron chi connectivity index (χ1n) is 7.57. The largest absolute Gasteiger partial charge is 0.352 e. The van der Waals surface area contributed by atoms with E-state index in [0.717, 1.165) is 38.9 Å². The van der Waals surface area contributed by atoms with Crippen molar-refractivity contribution in [3.05, 3.63) is 0 Å². The first-order valence-corrected chi connectivity index (χ1v) is 7.57. The Kier molecular flexibility index (Phi) is 5.13. The number of nitrogens with zero attached hydrogens (tertiary/aromatic N) is 3. The Balaban J connectivity index is 1.67. The summed E-state index contributed by atoms with van der Waals surface area (Å²) < 4.78 is 0. The van der Waals surface area contributed by atoms with Gasteiger partial charge in [-0.25, -0.2) is 0 Å². The molecule has 20 heavy (non-hydrogen) atoms. The molecule has 2 rings (SSSR count). The molecule has 1 unspecified atom stereocenters. The second-order valence-electron chi connectivity index (χ2n) is 5.69. The van der Waals surface area contributed by atoms with E-state index in [-0.39, 0.29) is 11.6 Å². The molecule has 5 nitrogen and oxygen atoms in total. The van der Waals surface area contributed by atoms with Crippen molar-refractivity contribution in [2.45, 2.75) is 57.2 Å². The lowest BCUT2D eigenvalue weighted by molar-refractivity contribution is -0.122. The molecule has 0 aliphatic carbocycles. The number of rotatable bonds is 7. The standard InChI is InChI=1S/C15H24N4O/c1-3-5-9-15(17-18-15)10-8-14(20)16-13-7-6-11-19(4-2)12-13/h1,13H,4-12H2,2H3,(H,16,20). The maximum atomic E-state index is 12.0. The predicted octanol–water partition coefficient (Wildman–Crippen LogP) is 1.94. The second-order valence-corrected chi connectivity index (χ2v) is 5.69. The molecule has 2 aliphatic rings. The van der Waals surface area contributed by atoms with E-state index in [1.54, 1.807) is 0 Å². The molecule has 1 fully saturated rings. The van der Waals surface area contributed by atoms with E-state index in [1.807, 2.05) is 0 Å². The van der Waals surface area contributed by atoms with Gasteiger partial charge in [-0.2, -0.15) is 10.2 Å². The average Bonchev–Trinajstić information content (AvgIpc) is 3.24. The lowest BCUT2D eigenvalue weighted by Gasteiger charge is -2.32. The molecule has 1 atom stereocenters. The number of terminal acetylenes is 1. The molecule has 0 aromatic carbocycles. The van der Waals surface area contributed by atoms with Gasteiger partial charge in [0.1, 0.15) is 0 Å². The maximum absolute atomic E-state index is 12.0. The summed E-state index contributed by atoms with van der Waals surface area (Å²) in [5.41, 5.74) is -0.342. The van der Waals surface area contributed by atoms with E-state index in [9.17, 15) is 4.79 Å². The van der Waals surface area contributed by atoms with E-state index < -0.39 is 0 Å². The third kappa shape index (κ3) is 4.31. The highest BCUT2D eigenvalue weighted by Gasteiger charge is 2.39. The quantitative estimate of drug-likeness (QED) is 0.722. The highest BCUT2D eigenvalue weighted by molar-refractivity contribution is 5.76. The van der Waals surface area contributed by atoms with Crippen LogP contribution in [0, 0.1) is 12.3 Å². The molecule has 0 bridgehead atoms. The molecule has 110 valence electrons. The molecule has 1 N–H and O–H groups in total. The number of likely N-dealkylation sites (tertiary alicyclic amines) is 1. The van der Waals surface area contributed by atoms with Crippen LogP contribution in [0.2, 0.25) is 0 Å². The fraction of sp³-hybridized carbons (Fsp3) is 0.800. The summed E-state index contributed by atoms with van der Waals surface area (Å²) in [4.78, 5) is 14.4. The van der Waals surface area contributed by atoms with Gasteiger partial charge in [-0.3, -0.25) is 4.79 Å². The summed E-state index contributed by atoms with van der Waals surface area (Å²) in [6, 6.07) is 0.297. The normalized spacial score (nSPS) is 24.1. The molecule has 2 aliphatic heterocycles. The monoisotopic (exact) mass is 276 g/mol. The summed E-state index contributed by atoms with van der Waals surface area (Å²) in [6.45, 7) is 5.34. The first kappa shape index (κ1) is 15.0. The topological polar surface area (TPSA) is 57.1 Å². The fourth-order valence-corrected chi connectivity index (χ4v) is 2.74. The van der Waals surface area contributed by atoms with Crippen molar-refractivity contribution in [1.29, 1.82) is 0 Å². The molecule has 0 aromatic rings. The van der Waals surface area contributed by atoms with Gasteiger partial charge in [0, 0.05) is 38.3 Å². The summed E-state index contributed by atoms with van der Waals surface area (Å²) in [5, 5.41) is 11.2. The number of nitrogens with one attached hydrogen (secondary N) is 1. The number of likely N-dealkylation sites (N-methyl/N-ethyl adjacent to an activating group) is 1. The van der Waals surface area contributed by atoms with Crippen LogP contribution < -0.4 is 5.32 Å². The summed E-state index contributed by atoms with van der Waals surface area (Å²) in [7, 11) is 0. The highest BCUT2D eigenvalue weighted by Crippen LogP contribution is 2.37. The summed E-state index contributed by atoms with van der Waals surface area (Å²) >= 11 is 0. The van der Waals surface area contributed by atoms with Gasteiger partial charge in [0.25, 0.3) is 0 Å². The van der Waals surface area contributed by atoms with Gasteiger partial charge in [-0.15, -0.1) is 12.3 Å². The smallest absolute Gasteiger partial charge is 0.220 e. The van der Waals surface area contributed by atoms with Gasteiger partial charge < -0.3 is 10.2 Å². The minimum atomic E-state index is -0.342. The molecule has 0 aromatic heterocycles. The zero-order valence-corrected chi connectivity index (χ0v) is 12.3. The van der Waals surface area contributed by atoms with Crippen LogP contribution in [0.3, 0.4) is 0 Å². The Bertz CT molecular complexity index is 407. The van der Waals surface area contributed by atoms with E-state index in [1.165, 1.54) is 0 Å². The van der Waals surface area contributed by atoms with Crippen LogP contribution >= 0.6 is 0 Å². The predicted molar refractivity (Wildman–Crippen MR) is 78.2 cm³/mol. The Morgan fingerprint density at radius 2 is 2.30 bits per heavy atom. The fourth-order valence-electron chi connectivity index (χ4n) is 2.74. The Morgan fingerprint density at radius 1 is 1.50 bits per heavy atom. The highest BCUT2D eigenvalue weighted by atomic mass is 16.1. The molecule has 0 radical (unpaired) electrons. The zero-order chi connectivity index (χ0) is 14.4. The van der Waals surface area contributed by atoms with Crippen LogP contribution in [-0.4, -0.2) is 42.1 Å². The molecule has 5 heteroatoms. The van der Waals surface area contributed by atoms with Gasteiger partial charge >= 0.3 is 0 Å². The van der Waals surface area contributed by atoms with Crippen LogP contribution in [0.5, 0.6) is 0 Å². The van der Waals surface area contributed by atoms with Crippen LogP contribution in [-0.2, 0) is 4.79 Å². The zero-order valence-electron chi connectivity index (χ0n) is 12.3. The average molecular weight is 276 g/mol. The maximum Gasteiger partial charge on any atom is 0.220 e. The lowest BCUT2D eigenvalue weighted by atomic mass is 10.0. The second kappa shape index (κ2) is 6.85. The van der Waals surface area contributed by atoms with Crippen LogP contribution in [0.1, 0.15) is 45.4 Å². The van der Waals surface area contributed by atoms with E-state index >= 15 is 0 Å². The number of piperidine rings is 1.